The van der Waals surface area contributed by atoms with Crippen molar-refractivity contribution in [2.75, 3.05) is 6.26 Å². The van der Waals surface area contributed by atoms with Crippen LogP contribution in [-0.2, 0) is 0 Å². The zero-order valence-corrected chi connectivity index (χ0v) is 9.90. The summed E-state index contributed by atoms with van der Waals surface area (Å²) in [5.41, 5.74) is 0.985. The average Bonchev–Trinajstić information content (AvgIpc) is 2.72. The molecule has 0 saturated heterocycles. The maximum absolute atomic E-state index is 13.0. The van der Waals surface area contributed by atoms with Gasteiger partial charge in [0.1, 0.15) is 16.9 Å². The van der Waals surface area contributed by atoms with Gasteiger partial charge in [-0.25, -0.2) is 9.37 Å². The van der Waals surface area contributed by atoms with Crippen molar-refractivity contribution in [3.8, 4) is 16.6 Å². The molecule has 0 aliphatic carbocycles. The number of aromatic nitrogens is 2. The van der Waals surface area contributed by atoms with E-state index in [1.165, 1.54) is 35.4 Å². The molecule has 0 radical (unpaired) electrons. The predicted molar refractivity (Wildman–Crippen MR) is 61.8 cm³/mol. The van der Waals surface area contributed by atoms with Crippen LogP contribution in [0.2, 0.25) is 0 Å². The summed E-state index contributed by atoms with van der Waals surface area (Å²) in [5, 5.41) is 9.47. The maximum atomic E-state index is 13.0. The van der Waals surface area contributed by atoms with Gasteiger partial charge in [0.2, 0.25) is 0 Å². The molecule has 6 heteroatoms. The molecular weight excluding hydrogens is 245 g/mol. The monoisotopic (exact) mass is 251 g/mol. The zero-order chi connectivity index (χ0) is 11.5. The lowest BCUT2D eigenvalue weighted by atomic mass is 10.3. The van der Waals surface area contributed by atoms with Gasteiger partial charge in [0.05, 0.1) is 10.4 Å². The smallest absolute Gasteiger partial charge is 0.165 e. The molecule has 0 fully saturated rings. The molecule has 0 spiro atoms. The Morgan fingerprint density at radius 2 is 2.31 bits per heavy atom. The third kappa shape index (κ3) is 2.05. The minimum Gasteiger partial charge on any atom is -0.261 e. The van der Waals surface area contributed by atoms with Crippen LogP contribution >= 0.6 is 23.1 Å². The van der Waals surface area contributed by atoms with Crippen molar-refractivity contribution in [2.24, 2.45) is 0 Å². The van der Waals surface area contributed by atoms with Gasteiger partial charge in [-0.2, -0.15) is 5.26 Å². The number of nitriles is 1. The van der Waals surface area contributed by atoms with E-state index < -0.39 is 5.82 Å². The number of nitrogens with zero attached hydrogens (tertiary/aromatic N) is 3. The maximum Gasteiger partial charge on any atom is 0.165 e. The van der Waals surface area contributed by atoms with Crippen molar-refractivity contribution in [1.82, 2.24) is 9.97 Å². The number of hydrogen-bond donors (Lipinski definition) is 0. The minimum atomic E-state index is -0.406. The molecule has 16 heavy (non-hydrogen) atoms. The van der Waals surface area contributed by atoms with Gasteiger partial charge in [-0.05, 0) is 12.3 Å². The molecule has 0 saturated carbocycles. The summed E-state index contributed by atoms with van der Waals surface area (Å²) in [6, 6.07) is 3.37. The fourth-order valence-electron chi connectivity index (χ4n) is 1.17. The quantitative estimate of drug-likeness (QED) is 0.770. The van der Waals surface area contributed by atoms with Crippen LogP contribution in [-0.4, -0.2) is 16.2 Å². The topological polar surface area (TPSA) is 49.6 Å². The Bertz CT molecular complexity index is 559. The molecule has 2 aromatic heterocycles. The number of thioether (sulfide) groups is 1. The van der Waals surface area contributed by atoms with Gasteiger partial charge in [-0.3, -0.25) is 4.98 Å². The second-order valence-corrected chi connectivity index (χ2v) is 4.94. The Morgan fingerprint density at radius 3 is 2.88 bits per heavy atom. The van der Waals surface area contributed by atoms with Crippen LogP contribution in [0, 0.1) is 17.1 Å². The summed E-state index contributed by atoms with van der Waals surface area (Å²) in [7, 11) is 0. The predicted octanol–water partition coefficient (Wildman–Crippen LogP) is 2.94. The molecule has 2 rings (SSSR count). The first-order valence-electron chi connectivity index (χ1n) is 4.30. The lowest BCUT2D eigenvalue weighted by Gasteiger charge is -1.93. The van der Waals surface area contributed by atoms with Crippen molar-refractivity contribution >= 4 is 23.1 Å². The minimum absolute atomic E-state index is 0.386. The largest absolute Gasteiger partial charge is 0.261 e. The number of halogens is 1. The van der Waals surface area contributed by atoms with Crippen LogP contribution in [0.25, 0.3) is 10.6 Å². The van der Waals surface area contributed by atoms with Crippen molar-refractivity contribution in [3.63, 3.8) is 0 Å². The Kier molecular flexibility index (Phi) is 3.17. The number of thiazole rings is 1. The van der Waals surface area contributed by atoms with E-state index >= 15 is 0 Å². The standard InChI is InChI=1S/C10H6FN3S2/c1-15-10-8(3-12)14-9(16-10)6-2-7(11)5-13-4-6/h2,4-5H,1H3. The van der Waals surface area contributed by atoms with E-state index in [4.69, 9.17) is 5.26 Å². The highest BCUT2D eigenvalue weighted by atomic mass is 32.2. The van der Waals surface area contributed by atoms with Gasteiger partial charge in [-0.15, -0.1) is 23.1 Å². The summed E-state index contributed by atoms with van der Waals surface area (Å²) < 4.78 is 13.8. The molecule has 0 aliphatic rings. The Labute approximate surface area is 100.0 Å². The Morgan fingerprint density at radius 1 is 1.50 bits per heavy atom. The van der Waals surface area contributed by atoms with Gasteiger partial charge in [0.15, 0.2) is 5.69 Å². The molecule has 2 heterocycles. The highest BCUT2D eigenvalue weighted by molar-refractivity contribution is 8.00. The van der Waals surface area contributed by atoms with Gasteiger partial charge in [-0.1, -0.05) is 0 Å². The zero-order valence-electron chi connectivity index (χ0n) is 8.27. The van der Waals surface area contributed by atoms with Gasteiger partial charge < -0.3 is 0 Å². The SMILES string of the molecule is CSc1sc(-c2cncc(F)c2)nc1C#N. The van der Waals surface area contributed by atoms with E-state index in [-0.39, 0.29) is 0 Å². The average molecular weight is 251 g/mol. The highest BCUT2D eigenvalue weighted by Crippen LogP contribution is 2.33. The molecule has 0 bridgehead atoms. The number of pyridine rings is 1. The second-order valence-electron chi connectivity index (χ2n) is 2.86. The summed E-state index contributed by atoms with van der Waals surface area (Å²) in [5.74, 6) is -0.406. The summed E-state index contributed by atoms with van der Waals surface area (Å²) in [4.78, 5) is 7.89. The molecular formula is C10H6FN3S2. The van der Waals surface area contributed by atoms with Gasteiger partial charge >= 0.3 is 0 Å². The first kappa shape index (κ1) is 11.0. The molecule has 0 amide bonds. The third-order valence-electron chi connectivity index (χ3n) is 1.84. The normalized spacial score (nSPS) is 10.1. The lowest BCUT2D eigenvalue weighted by Crippen LogP contribution is -1.82. The van der Waals surface area contributed by atoms with E-state index in [0.29, 0.717) is 16.3 Å². The first-order chi connectivity index (χ1) is 7.74. The molecule has 0 aromatic carbocycles. The van der Waals surface area contributed by atoms with E-state index in [1.54, 1.807) is 0 Å². The van der Waals surface area contributed by atoms with Crippen LogP contribution in [0.5, 0.6) is 0 Å². The van der Waals surface area contributed by atoms with E-state index in [1.807, 2.05) is 12.3 Å². The van der Waals surface area contributed by atoms with E-state index in [9.17, 15) is 4.39 Å². The van der Waals surface area contributed by atoms with Crippen LogP contribution in [0.15, 0.2) is 22.7 Å². The van der Waals surface area contributed by atoms with Crippen molar-refractivity contribution < 1.29 is 4.39 Å². The fraction of sp³-hybridized carbons (Fsp3) is 0.100. The van der Waals surface area contributed by atoms with Gasteiger partial charge in [0, 0.05) is 11.8 Å². The Hall–Kier alpha value is -1.45. The fourth-order valence-corrected chi connectivity index (χ4v) is 2.75. The molecule has 80 valence electrons. The van der Waals surface area contributed by atoms with Crippen molar-refractivity contribution in [2.45, 2.75) is 4.21 Å². The molecule has 0 aliphatic heterocycles. The summed E-state index contributed by atoms with van der Waals surface area (Å²) in [6.45, 7) is 0. The molecule has 0 N–H and O–H groups in total. The number of rotatable bonds is 2. The lowest BCUT2D eigenvalue weighted by molar-refractivity contribution is 0.622. The molecule has 0 unspecified atom stereocenters. The molecule has 3 nitrogen and oxygen atoms in total. The van der Waals surface area contributed by atoms with Gasteiger partial charge in [0.25, 0.3) is 0 Å². The molecule has 0 atom stereocenters. The third-order valence-corrected chi connectivity index (χ3v) is 4.05. The van der Waals surface area contributed by atoms with Crippen LogP contribution in [0.1, 0.15) is 5.69 Å². The van der Waals surface area contributed by atoms with Crippen LogP contribution in [0.3, 0.4) is 0 Å². The highest BCUT2D eigenvalue weighted by Gasteiger charge is 2.12. The Balaban J connectivity index is 2.49. The summed E-state index contributed by atoms with van der Waals surface area (Å²) >= 11 is 2.83. The molecule has 2 aromatic rings. The van der Waals surface area contributed by atoms with Crippen LogP contribution < -0.4 is 0 Å². The van der Waals surface area contributed by atoms with Crippen molar-refractivity contribution in [3.05, 3.63) is 30.0 Å². The van der Waals surface area contributed by atoms with Crippen molar-refractivity contribution in [1.29, 1.82) is 5.26 Å². The first-order valence-corrected chi connectivity index (χ1v) is 6.34. The van der Waals surface area contributed by atoms with E-state index in [0.717, 1.165) is 10.4 Å². The number of hydrogen-bond acceptors (Lipinski definition) is 5. The summed E-state index contributed by atoms with van der Waals surface area (Å²) in [6.07, 6.45) is 4.55. The second kappa shape index (κ2) is 4.60. The van der Waals surface area contributed by atoms with E-state index in [2.05, 4.69) is 9.97 Å². The van der Waals surface area contributed by atoms with Crippen LogP contribution in [0.4, 0.5) is 4.39 Å².